The third-order valence-electron chi connectivity index (χ3n) is 4.09. The normalized spacial score (nSPS) is 11.4. The molecule has 0 aromatic heterocycles. The summed E-state index contributed by atoms with van der Waals surface area (Å²) < 4.78 is 40.5. The number of rotatable bonds is 4. The highest BCUT2D eigenvalue weighted by Gasteiger charge is 2.33. The maximum absolute atomic E-state index is 14.4. The van der Waals surface area contributed by atoms with E-state index in [0.29, 0.717) is 5.56 Å². The van der Waals surface area contributed by atoms with E-state index < -0.39 is 30.3 Å². The smallest absolute Gasteiger partial charge is 0.319 e. The Hall–Kier alpha value is -2.66. The minimum absolute atomic E-state index is 0.000298. The molecule has 0 aliphatic heterocycles. The van der Waals surface area contributed by atoms with E-state index in [2.05, 4.69) is 0 Å². The summed E-state index contributed by atoms with van der Waals surface area (Å²) in [5.74, 6) is -1.33. The molecule has 0 bridgehead atoms. The van der Waals surface area contributed by atoms with Crippen molar-refractivity contribution in [2.24, 2.45) is 0 Å². The van der Waals surface area contributed by atoms with Crippen molar-refractivity contribution in [2.45, 2.75) is 6.92 Å². The molecule has 7 heteroatoms. The number of hydrogen-bond donors (Lipinski definition) is 2. The zero-order chi connectivity index (χ0) is 19.8. The van der Waals surface area contributed by atoms with Crippen molar-refractivity contribution < 1.29 is 27.9 Å². The topological polar surface area (TPSA) is 74.6 Å². The molecule has 3 rings (SSSR count). The fourth-order valence-electron chi connectivity index (χ4n) is 2.95. The largest absolute Gasteiger partial charge is 0.396 e. The summed E-state index contributed by atoms with van der Waals surface area (Å²) in [6.07, 6.45) is 0. The van der Waals surface area contributed by atoms with Crippen LogP contribution in [0.4, 0.5) is 8.78 Å². The Balaban J connectivity index is 2.45. The van der Waals surface area contributed by atoms with Crippen molar-refractivity contribution in [1.29, 1.82) is 0 Å². The van der Waals surface area contributed by atoms with E-state index in [-0.39, 0.29) is 22.3 Å². The molecule has 0 saturated carbocycles. The van der Waals surface area contributed by atoms with E-state index in [1.165, 1.54) is 60.7 Å². The Labute approximate surface area is 154 Å². The Bertz CT molecular complexity index is 1020. The molecule has 0 amide bonds. The van der Waals surface area contributed by atoms with Crippen molar-refractivity contribution in [2.75, 3.05) is 0 Å². The lowest BCUT2D eigenvalue weighted by molar-refractivity contribution is 0.104. The number of aryl methyl sites for hydroxylation is 1. The van der Waals surface area contributed by atoms with Gasteiger partial charge in [-0.05, 0) is 35.7 Å². The first-order valence-electron chi connectivity index (χ1n) is 7.95. The molecule has 2 N–H and O–H groups in total. The monoisotopic (exact) mass is 388 g/mol. The van der Waals surface area contributed by atoms with Crippen molar-refractivity contribution in [3.8, 4) is 22.3 Å². The molecule has 3 aromatic rings. The van der Waals surface area contributed by atoms with E-state index in [1.807, 2.05) is 0 Å². The summed E-state index contributed by atoms with van der Waals surface area (Å²) in [6, 6.07) is 14.0. The van der Waals surface area contributed by atoms with Gasteiger partial charge in [0.2, 0.25) is 0 Å². The first-order chi connectivity index (χ1) is 12.7. The molecule has 4 nitrogen and oxygen atoms in total. The van der Waals surface area contributed by atoms with Gasteiger partial charge in [0, 0.05) is 16.7 Å². The van der Waals surface area contributed by atoms with Crippen LogP contribution in [0.25, 0.3) is 22.3 Å². The number of carbonyl (C=O) groups excluding carboxylic acids is 1. The number of benzene rings is 3. The van der Waals surface area contributed by atoms with Gasteiger partial charge in [0.25, 0.3) is 5.52 Å². The van der Waals surface area contributed by atoms with Crippen LogP contribution < -0.4 is 0 Å². The van der Waals surface area contributed by atoms with Crippen molar-refractivity contribution in [1.82, 2.24) is 0 Å². The minimum Gasteiger partial charge on any atom is -0.319 e. The van der Waals surface area contributed by atoms with Gasteiger partial charge in [0.15, 0.2) is 0 Å². The molecule has 0 spiro atoms. The average Bonchev–Trinajstić information content (AvgIpc) is 2.60. The molecule has 0 atom stereocenters. The molecule has 0 saturated heterocycles. The molecular weight excluding hydrogens is 373 g/mol. The van der Waals surface area contributed by atoms with Gasteiger partial charge in [-0.1, -0.05) is 48.5 Å². The molecule has 0 unspecified atom stereocenters. The Morgan fingerprint density at radius 2 is 1.22 bits per heavy atom. The van der Waals surface area contributed by atoms with Gasteiger partial charge in [-0.15, -0.1) is 0 Å². The summed E-state index contributed by atoms with van der Waals surface area (Å²) in [6.45, 7) is 1.67. The Morgan fingerprint density at radius 1 is 0.815 bits per heavy atom. The highest BCUT2D eigenvalue weighted by molar-refractivity contribution is 7.71. The van der Waals surface area contributed by atoms with Crippen LogP contribution in [0.15, 0.2) is 60.7 Å². The number of carbonyl (C=O) groups is 1. The lowest BCUT2D eigenvalue weighted by Gasteiger charge is -2.17. The number of hydrogen-bond acceptors (Lipinski definition) is 2. The summed E-state index contributed by atoms with van der Waals surface area (Å²) >= 11 is 0. The van der Waals surface area contributed by atoms with Crippen LogP contribution in [0.1, 0.15) is 15.9 Å². The lowest BCUT2D eigenvalue weighted by Crippen LogP contribution is -2.07. The highest BCUT2D eigenvalue weighted by atomic mass is 31.2. The molecule has 0 aliphatic rings. The Kier molecular flexibility index (Phi) is 5.07. The molecule has 27 heavy (non-hydrogen) atoms. The maximum Gasteiger partial charge on any atom is 0.396 e. The van der Waals surface area contributed by atoms with Gasteiger partial charge in [0.05, 0.1) is 0 Å². The molecule has 0 radical (unpaired) electrons. The van der Waals surface area contributed by atoms with Crippen molar-refractivity contribution in [3.63, 3.8) is 0 Å². The second-order valence-corrected chi connectivity index (χ2v) is 7.54. The van der Waals surface area contributed by atoms with E-state index >= 15 is 0 Å². The standard InChI is InChI=1S/C20H15F2O4P/c1-12-10-15(13-6-2-4-8-17(13)21)19(20(23)27(24,25)26)16(11-12)14-7-3-5-9-18(14)22/h2-11H,1H3,(H2,24,25,26). The highest BCUT2D eigenvalue weighted by Crippen LogP contribution is 2.46. The van der Waals surface area contributed by atoms with Gasteiger partial charge in [-0.25, -0.2) is 8.78 Å². The summed E-state index contributed by atoms with van der Waals surface area (Å²) in [4.78, 5) is 31.5. The zero-order valence-electron chi connectivity index (χ0n) is 14.2. The van der Waals surface area contributed by atoms with Gasteiger partial charge in [0.1, 0.15) is 11.6 Å². The first-order valence-corrected chi connectivity index (χ1v) is 9.56. The van der Waals surface area contributed by atoms with Crippen LogP contribution in [0.5, 0.6) is 0 Å². The molecule has 0 fully saturated rings. The summed E-state index contributed by atoms with van der Waals surface area (Å²) in [5.41, 5.74) is -1.33. The van der Waals surface area contributed by atoms with Crippen molar-refractivity contribution in [3.05, 3.63) is 83.4 Å². The van der Waals surface area contributed by atoms with Gasteiger partial charge in [-0.2, -0.15) is 0 Å². The van der Waals surface area contributed by atoms with Crippen LogP contribution in [-0.2, 0) is 4.57 Å². The minimum atomic E-state index is -5.20. The zero-order valence-corrected chi connectivity index (χ0v) is 15.1. The number of halogens is 2. The van der Waals surface area contributed by atoms with Crippen LogP contribution in [0, 0.1) is 18.6 Å². The SMILES string of the molecule is Cc1cc(-c2ccccc2F)c(C(=O)P(=O)(O)O)c(-c2ccccc2F)c1. The van der Waals surface area contributed by atoms with E-state index in [1.54, 1.807) is 6.92 Å². The van der Waals surface area contributed by atoms with Crippen LogP contribution >= 0.6 is 7.60 Å². The van der Waals surface area contributed by atoms with E-state index in [4.69, 9.17) is 0 Å². The summed E-state index contributed by atoms with van der Waals surface area (Å²) in [5, 5.41) is 0. The van der Waals surface area contributed by atoms with Gasteiger partial charge in [-0.3, -0.25) is 9.36 Å². The third-order valence-corrected chi connectivity index (χ3v) is 4.84. The average molecular weight is 388 g/mol. The third kappa shape index (κ3) is 3.74. The van der Waals surface area contributed by atoms with Crippen LogP contribution in [0.3, 0.4) is 0 Å². The van der Waals surface area contributed by atoms with Crippen LogP contribution in [-0.4, -0.2) is 15.3 Å². The van der Waals surface area contributed by atoms with Crippen molar-refractivity contribution >= 4 is 13.1 Å². The molecule has 3 aromatic carbocycles. The fraction of sp³-hybridized carbons (Fsp3) is 0.0500. The first kappa shape index (κ1) is 19.1. The molecule has 138 valence electrons. The quantitative estimate of drug-likeness (QED) is 0.622. The lowest BCUT2D eigenvalue weighted by atomic mass is 9.90. The van der Waals surface area contributed by atoms with Gasteiger partial charge < -0.3 is 9.79 Å². The van der Waals surface area contributed by atoms with Gasteiger partial charge >= 0.3 is 7.60 Å². The Morgan fingerprint density at radius 3 is 1.59 bits per heavy atom. The predicted octanol–water partition coefficient (Wildman–Crippen LogP) is 4.93. The molecular formula is C20H15F2O4P. The second-order valence-electron chi connectivity index (χ2n) is 6.04. The fourth-order valence-corrected chi connectivity index (χ4v) is 3.48. The van der Waals surface area contributed by atoms with Crippen LogP contribution in [0.2, 0.25) is 0 Å². The predicted molar refractivity (Wildman–Crippen MR) is 98.3 cm³/mol. The van der Waals surface area contributed by atoms with E-state index in [0.717, 1.165) is 0 Å². The van der Waals surface area contributed by atoms with E-state index in [9.17, 15) is 27.9 Å². The maximum atomic E-state index is 14.4. The molecule has 0 heterocycles. The summed E-state index contributed by atoms with van der Waals surface area (Å²) in [7, 11) is -5.20. The second kappa shape index (κ2) is 7.16. The molecule has 0 aliphatic carbocycles.